The molecular weight excluding hydrogens is 292 g/mol. The van der Waals surface area contributed by atoms with Crippen molar-refractivity contribution in [3.63, 3.8) is 0 Å². The van der Waals surface area contributed by atoms with Crippen LogP contribution in [0.15, 0.2) is 36.4 Å². The summed E-state index contributed by atoms with van der Waals surface area (Å²) in [5, 5.41) is 0. The third-order valence-corrected chi connectivity index (χ3v) is 4.83. The third-order valence-electron chi connectivity index (χ3n) is 2.21. The second-order valence-electron chi connectivity index (χ2n) is 3.42. The molecule has 1 atom stereocenters. The van der Waals surface area contributed by atoms with Gasteiger partial charge in [-0.1, -0.05) is 57.4 Å². The number of alkyl halides is 1. The summed E-state index contributed by atoms with van der Waals surface area (Å²) < 4.78 is 0.835. The highest BCUT2D eigenvalue weighted by Gasteiger charge is 2.11. The van der Waals surface area contributed by atoms with Gasteiger partial charge in [-0.05, 0) is 24.6 Å². The number of hydrogen-bond acceptors (Lipinski definition) is 1. The monoisotopic (exact) mass is 300 g/mol. The topological polar surface area (TPSA) is 0 Å². The van der Waals surface area contributed by atoms with Crippen LogP contribution in [0.1, 0.15) is 20.8 Å². The predicted octanol–water partition coefficient (Wildman–Crippen LogP) is 5.19. The van der Waals surface area contributed by atoms with Gasteiger partial charge in [0.1, 0.15) is 0 Å². The Hall–Kier alpha value is -0.310. The molecule has 0 aliphatic carbocycles. The van der Waals surface area contributed by atoms with Crippen molar-refractivity contribution < 1.29 is 0 Å². The summed E-state index contributed by atoms with van der Waals surface area (Å²) in [4.78, 5) is 1.49. The largest absolute Gasteiger partial charge is 0.127 e. The molecule has 0 aliphatic rings. The Bertz CT molecular complexity index is 447. The summed E-state index contributed by atoms with van der Waals surface area (Å²) in [7, 11) is 0. The van der Waals surface area contributed by atoms with Crippen LogP contribution >= 0.6 is 38.9 Å². The number of benzene rings is 1. The van der Waals surface area contributed by atoms with E-state index in [1.54, 1.807) is 11.3 Å². The number of aryl methyl sites for hydroxylation is 1. The molecule has 1 heterocycles. The maximum atomic E-state index is 5.91. The maximum absolute atomic E-state index is 5.91. The van der Waals surface area contributed by atoms with Gasteiger partial charge in [0.15, 0.2) is 0 Å². The van der Waals surface area contributed by atoms with Gasteiger partial charge in [0, 0.05) is 4.88 Å². The summed E-state index contributed by atoms with van der Waals surface area (Å²) in [6, 6.07) is 12.5. The molecule has 15 heavy (non-hydrogen) atoms. The van der Waals surface area contributed by atoms with Crippen molar-refractivity contribution in [2.24, 2.45) is 0 Å². The fraction of sp³-hybridized carbons (Fsp3) is 0.167. The zero-order chi connectivity index (χ0) is 10.8. The zero-order valence-corrected chi connectivity index (χ0v) is 11.4. The minimum absolute atomic E-state index is 0.246. The Labute approximate surface area is 107 Å². The van der Waals surface area contributed by atoms with E-state index in [4.69, 9.17) is 11.6 Å². The lowest BCUT2D eigenvalue weighted by Crippen LogP contribution is -1.88. The van der Waals surface area contributed by atoms with Crippen molar-refractivity contribution in [3.05, 3.63) is 56.7 Å². The lowest BCUT2D eigenvalue weighted by molar-refractivity contribution is 1.22. The maximum Gasteiger partial charge on any atom is 0.0931 e. The van der Waals surface area contributed by atoms with Gasteiger partial charge >= 0.3 is 0 Å². The SMILES string of the molecule is Cc1ccc(C(Br)c2ccc(Cl)s2)cc1. The van der Waals surface area contributed by atoms with E-state index in [0.717, 1.165) is 4.34 Å². The molecule has 0 fully saturated rings. The Balaban J connectivity index is 2.28. The molecule has 3 heteroatoms. The predicted molar refractivity (Wildman–Crippen MR) is 71.3 cm³/mol. The van der Waals surface area contributed by atoms with E-state index in [0.29, 0.717) is 0 Å². The van der Waals surface area contributed by atoms with Crippen LogP contribution in [0, 0.1) is 6.92 Å². The van der Waals surface area contributed by atoms with E-state index in [1.165, 1.54) is 16.0 Å². The molecule has 0 spiro atoms. The quantitative estimate of drug-likeness (QED) is 0.669. The Morgan fingerprint density at radius 1 is 1.13 bits per heavy atom. The molecule has 0 nitrogen and oxygen atoms in total. The molecule has 2 aromatic rings. The number of hydrogen-bond donors (Lipinski definition) is 0. The molecule has 1 unspecified atom stereocenters. The highest BCUT2D eigenvalue weighted by atomic mass is 79.9. The van der Waals surface area contributed by atoms with Crippen molar-refractivity contribution in [2.75, 3.05) is 0 Å². The molecule has 0 saturated carbocycles. The van der Waals surface area contributed by atoms with Crippen LogP contribution in [0.3, 0.4) is 0 Å². The summed E-state index contributed by atoms with van der Waals surface area (Å²) >= 11 is 11.2. The second-order valence-corrected chi connectivity index (χ2v) is 6.08. The first-order valence-electron chi connectivity index (χ1n) is 4.62. The van der Waals surface area contributed by atoms with Gasteiger partial charge in [-0.3, -0.25) is 0 Å². The molecule has 0 aliphatic heterocycles. The van der Waals surface area contributed by atoms with E-state index in [2.05, 4.69) is 53.2 Å². The molecule has 0 N–H and O–H groups in total. The zero-order valence-electron chi connectivity index (χ0n) is 8.21. The van der Waals surface area contributed by atoms with Gasteiger partial charge in [0.2, 0.25) is 0 Å². The first-order valence-corrected chi connectivity index (χ1v) is 6.73. The molecule has 1 aromatic heterocycles. The van der Waals surface area contributed by atoms with Crippen LogP contribution in [0.25, 0.3) is 0 Å². The molecule has 0 bridgehead atoms. The van der Waals surface area contributed by atoms with Crippen molar-refractivity contribution in [3.8, 4) is 0 Å². The van der Waals surface area contributed by atoms with Crippen LogP contribution in [0.4, 0.5) is 0 Å². The summed E-state index contributed by atoms with van der Waals surface area (Å²) in [6.07, 6.45) is 0. The van der Waals surface area contributed by atoms with Crippen molar-refractivity contribution in [2.45, 2.75) is 11.8 Å². The minimum atomic E-state index is 0.246. The lowest BCUT2D eigenvalue weighted by atomic mass is 10.1. The van der Waals surface area contributed by atoms with E-state index in [1.807, 2.05) is 6.07 Å². The number of rotatable bonds is 2. The van der Waals surface area contributed by atoms with E-state index < -0.39 is 0 Å². The number of thiophene rings is 1. The Morgan fingerprint density at radius 2 is 1.80 bits per heavy atom. The second kappa shape index (κ2) is 4.69. The molecule has 0 saturated heterocycles. The standard InChI is InChI=1S/C12H10BrClS/c1-8-2-4-9(5-3-8)12(13)10-6-7-11(14)15-10/h2-7,12H,1H3. The van der Waals surface area contributed by atoms with Gasteiger partial charge in [0.05, 0.1) is 9.16 Å². The van der Waals surface area contributed by atoms with Gasteiger partial charge < -0.3 is 0 Å². The van der Waals surface area contributed by atoms with Crippen molar-refractivity contribution in [1.29, 1.82) is 0 Å². The molecule has 1 aromatic carbocycles. The molecular formula is C12H10BrClS. The van der Waals surface area contributed by atoms with Crippen molar-refractivity contribution >= 4 is 38.9 Å². The van der Waals surface area contributed by atoms with Gasteiger partial charge in [0.25, 0.3) is 0 Å². The minimum Gasteiger partial charge on any atom is -0.127 e. The van der Waals surface area contributed by atoms with Crippen LogP contribution in [0.5, 0.6) is 0 Å². The van der Waals surface area contributed by atoms with Gasteiger partial charge in [-0.15, -0.1) is 11.3 Å². The average Bonchev–Trinajstić information content (AvgIpc) is 2.65. The fourth-order valence-corrected chi connectivity index (χ4v) is 3.17. The van der Waals surface area contributed by atoms with Gasteiger partial charge in [-0.25, -0.2) is 0 Å². The van der Waals surface area contributed by atoms with E-state index >= 15 is 0 Å². The Kier molecular flexibility index (Phi) is 3.49. The lowest BCUT2D eigenvalue weighted by Gasteiger charge is -2.07. The molecule has 78 valence electrons. The fourth-order valence-electron chi connectivity index (χ4n) is 1.36. The van der Waals surface area contributed by atoms with E-state index in [-0.39, 0.29) is 4.83 Å². The molecule has 0 radical (unpaired) electrons. The van der Waals surface area contributed by atoms with Crippen LogP contribution < -0.4 is 0 Å². The number of halogens is 2. The van der Waals surface area contributed by atoms with Crippen LogP contribution in [-0.2, 0) is 0 Å². The highest BCUT2D eigenvalue weighted by Crippen LogP contribution is 2.36. The van der Waals surface area contributed by atoms with Crippen molar-refractivity contribution in [1.82, 2.24) is 0 Å². The van der Waals surface area contributed by atoms with Gasteiger partial charge in [-0.2, -0.15) is 0 Å². The summed E-state index contributed by atoms with van der Waals surface area (Å²) in [5.74, 6) is 0. The Morgan fingerprint density at radius 3 is 2.33 bits per heavy atom. The average molecular weight is 302 g/mol. The first kappa shape index (κ1) is 11.2. The third kappa shape index (κ3) is 2.63. The van der Waals surface area contributed by atoms with Crippen LogP contribution in [0.2, 0.25) is 4.34 Å². The summed E-state index contributed by atoms with van der Waals surface area (Å²) in [6.45, 7) is 2.09. The van der Waals surface area contributed by atoms with E-state index in [9.17, 15) is 0 Å². The molecule has 2 rings (SSSR count). The molecule has 0 amide bonds. The summed E-state index contributed by atoms with van der Waals surface area (Å²) in [5.41, 5.74) is 2.54. The van der Waals surface area contributed by atoms with Crippen LogP contribution in [-0.4, -0.2) is 0 Å². The first-order chi connectivity index (χ1) is 7.16. The highest BCUT2D eigenvalue weighted by molar-refractivity contribution is 9.09. The smallest absolute Gasteiger partial charge is 0.0931 e. The normalized spacial score (nSPS) is 12.7.